The summed E-state index contributed by atoms with van der Waals surface area (Å²) >= 11 is 0. The molecule has 10 heavy (non-hydrogen) atoms. The number of carboxylic acids is 1. The molecule has 0 spiro atoms. The Morgan fingerprint density at radius 1 is 2.00 bits per heavy atom. The quantitative estimate of drug-likeness (QED) is 0.458. The molecule has 1 amide bonds. The van der Waals surface area contributed by atoms with E-state index in [4.69, 9.17) is 13.9 Å². The lowest BCUT2D eigenvalue weighted by atomic mass is 10.2. The Labute approximate surface area is 72.4 Å². The van der Waals surface area contributed by atoms with Crippen LogP contribution in [0.4, 0.5) is 0 Å². The average molecular weight is 156 g/mol. The number of aliphatic carboxylic acids is 1. The highest BCUT2D eigenvalue weighted by molar-refractivity contribution is 5.76. The van der Waals surface area contributed by atoms with Gasteiger partial charge in [0, 0.05) is 11.9 Å². The first-order valence-electron chi connectivity index (χ1n) is 6.76. The minimum Gasteiger partial charge on any atom is -0.480 e. The molecule has 0 saturated heterocycles. The predicted octanol–water partition coefficient (Wildman–Crippen LogP) is -1.34. The summed E-state index contributed by atoms with van der Waals surface area (Å²) in [6.45, 7) is 0. The summed E-state index contributed by atoms with van der Waals surface area (Å²) in [7, 11) is 0. The van der Waals surface area contributed by atoms with E-state index >= 15 is 0 Å². The number of carbonyl (C=O) groups excluding carboxylic acids is 1. The Bertz CT molecular complexity index is 400. The van der Waals surface area contributed by atoms with Crippen LogP contribution in [-0.2, 0) is 9.59 Å². The molecule has 5 nitrogen and oxygen atoms in total. The topological polar surface area (TPSA) is 106 Å². The third kappa shape index (κ3) is 3.85. The minimum absolute atomic E-state index is 0.803. The van der Waals surface area contributed by atoms with Crippen LogP contribution >= 0.6 is 0 Å². The molecule has 0 bridgehead atoms. The van der Waals surface area contributed by atoms with Crippen molar-refractivity contribution in [3.8, 4) is 0 Å². The van der Waals surface area contributed by atoms with E-state index in [0.29, 0.717) is 0 Å². The van der Waals surface area contributed by atoms with E-state index in [2.05, 4.69) is 5.11 Å². The summed E-state index contributed by atoms with van der Waals surface area (Å²) in [6, 6.07) is -3.73. The zero-order valence-corrected chi connectivity index (χ0v) is 4.62. The number of primary amides is 1. The fourth-order valence-electron chi connectivity index (χ4n) is 0.164. The van der Waals surface area contributed by atoms with Crippen LogP contribution in [0.25, 0.3) is 1.43 Å². The summed E-state index contributed by atoms with van der Waals surface area (Å²) in [5, 5.41) is 3.31. The van der Waals surface area contributed by atoms with Gasteiger partial charge >= 0.3 is 5.97 Å². The van der Waals surface area contributed by atoms with Crippen molar-refractivity contribution < 1.29 is 27.2 Å². The fraction of sp³-hybridized carbons (Fsp3) is 0.600. The molecule has 0 aromatic heterocycles. The molecule has 1 atom stereocenters. The van der Waals surface area contributed by atoms with Crippen LogP contribution in [0.5, 0.6) is 0 Å². The van der Waals surface area contributed by atoms with Gasteiger partial charge in [-0.05, 0) is 6.37 Å². The SMILES string of the molecule is [2H]OC(=O)[C@@]([2H])(N([2H])[2H])C([2H])([2H])C([2H])([2H])C(=O)N([2H])[2H]. The molecule has 0 heterocycles. The van der Waals surface area contributed by atoms with Gasteiger partial charge in [-0.1, -0.05) is 0 Å². The lowest BCUT2D eigenvalue weighted by Gasteiger charge is -2.01. The van der Waals surface area contributed by atoms with Crippen LogP contribution in [-0.4, -0.2) is 23.0 Å². The third-order valence-corrected chi connectivity index (χ3v) is 0.481. The van der Waals surface area contributed by atoms with Crippen molar-refractivity contribution in [2.75, 3.05) is 0 Å². The Morgan fingerprint density at radius 2 is 2.80 bits per heavy atom. The van der Waals surface area contributed by atoms with E-state index in [0.717, 1.165) is 0 Å². The van der Waals surface area contributed by atoms with Crippen molar-refractivity contribution in [1.29, 1.82) is 1.43 Å². The highest BCUT2D eigenvalue weighted by Gasteiger charge is 2.11. The Balaban J connectivity index is 6.02. The zero-order valence-electron chi connectivity index (χ0n) is 14.6. The lowest BCUT2D eigenvalue weighted by Crippen LogP contribution is -2.31. The summed E-state index contributed by atoms with van der Waals surface area (Å²) in [5.74, 6) is -4.19. The number of rotatable bonds is 5. The van der Waals surface area contributed by atoms with E-state index in [1.165, 1.54) is 0 Å². The highest BCUT2D eigenvalue weighted by atomic mass is 16.4. The van der Waals surface area contributed by atoms with Gasteiger partial charge in [0.05, 0.1) is 1.37 Å². The van der Waals surface area contributed by atoms with E-state index in [1.807, 2.05) is 0 Å². The standard InChI is InChI=1S/C5H10N2O3/c6-3(5(9)10)1-2-4(7)8/h3H,1-2,6H2,(H2,7,8)(H,9,10)/t3-/m0/s1/i1D2,2D2,3D/hD5. The van der Waals surface area contributed by atoms with E-state index in [1.54, 1.807) is 0 Å². The van der Waals surface area contributed by atoms with Crippen molar-refractivity contribution in [2.24, 2.45) is 11.4 Å². The molecule has 0 rings (SSSR count). The second-order valence-corrected chi connectivity index (χ2v) is 1.19. The van der Waals surface area contributed by atoms with Gasteiger partial charge in [0.15, 0.2) is 2.82 Å². The number of carbonyl (C=O) groups is 2. The molecular formula is C5H10N2O3. The molecule has 5 heteroatoms. The monoisotopic (exact) mass is 156 g/mol. The molecule has 0 aliphatic heterocycles. The van der Waals surface area contributed by atoms with Crippen LogP contribution in [0.1, 0.15) is 19.6 Å². The number of nitrogens with two attached hydrogens (primary N) is 2. The van der Waals surface area contributed by atoms with Gasteiger partial charge in [0.1, 0.15) is 8.84 Å². The summed E-state index contributed by atoms with van der Waals surface area (Å²) in [6.07, 6.45) is -7.66. The second kappa shape index (κ2) is 3.84. The van der Waals surface area contributed by atoms with Crippen molar-refractivity contribution in [1.82, 2.24) is 0 Å². The van der Waals surface area contributed by atoms with Gasteiger partial charge in [0.2, 0.25) is 5.91 Å². The third-order valence-electron chi connectivity index (χ3n) is 0.481. The van der Waals surface area contributed by atoms with Crippen molar-refractivity contribution >= 4 is 11.9 Å². The van der Waals surface area contributed by atoms with Crippen LogP contribution in [0.2, 0.25) is 5.65 Å². The largest absolute Gasteiger partial charge is 0.480 e. The molecule has 0 radical (unpaired) electrons. The Kier molecular flexibility index (Phi) is 0.665. The Hall–Kier alpha value is -1.10. The first-order chi connectivity index (χ1) is 8.78. The number of amides is 1. The zero-order chi connectivity index (χ0) is 16.5. The maximum Gasteiger partial charge on any atom is 0.320 e. The summed E-state index contributed by atoms with van der Waals surface area (Å²) in [5.41, 5.74) is -1.67. The summed E-state index contributed by atoms with van der Waals surface area (Å²) in [4.78, 5) is 22.6. The van der Waals surface area contributed by atoms with Gasteiger partial charge in [-0.3, -0.25) is 9.59 Å². The van der Waals surface area contributed by atoms with Crippen molar-refractivity contribution in [3.05, 3.63) is 0 Å². The average Bonchev–Trinajstić information content (AvgIpc) is 2.34. The van der Waals surface area contributed by atoms with Crippen molar-refractivity contribution in [3.63, 3.8) is 0 Å². The van der Waals surface area contributed by atoms with Crippen LogP contribution < -0.4 is 11.4 Å². The highest BCUT2D eigenvalue weighted by Crippen LogP contribution is 1.92. The smallest absolute Gasteiger partial charge is 0.320 e. The molecular weight excluding hydrogens is 136 g/mol. The second-order valence-electron chi connectivity index (χ2n) is 1.19. The number of hydrogen-bond donors (Lipinski definition) is 3. The van der Waals surface area contributed by atoms with E-state index < -0.39 is 42.1 Å². The van der Waals surface area contributed by atoms with Crippen LogP contribution in [0, 0.1) is 0 Å². The molecule has 5 N–H and O–H groups in total. The van der Waals surface area contributed by atoms with Gasteiger partial charge in [-0.2, -0.15) is 0 Å². The van der Waals surface area contributed by atoms with Crippen LogP contribution in [0.3, 0.4) is 0 Å². The normalized spacial score (nSPS) is 32.5. The molecule has 0 aromatic carbocycles. The lowest BCUT2D eigenvalue weighted by molar-refractivity contribution is -0.138. The molecule has 0 aliphatic rings. The molecule has 0 fully saturated rings. The van der Waals surface area contributed by atoms with Crippen LogP contribution in [0.15, 0.2) is 0 Å². The number of carboxylic acid groups (broad SMARTS) is 1. The molecule has 0 aliphatic carbocycles. The first-order valence-corrected chi connectivity index (χ1v) is 2.06. The first kappa shape index (κ1) is 1.73. The molecule has 58 valence electrons. The fourth-order valence-corrected chi connectivity index (χ4v) is 0.164. The maximum absolute atomic E-state index is 11.3. The number of hydrogen-bond acceptors (Lipinski definition) is 4. The predicted molar refractivity (Wildman–Crippen MR) is 34.0 cm³/mol. The minimum atomic E-state index is -3.88. The van der Waals surface area contributed by atoms with E-state index in [9.17, 15) is 9.59 Å². The van der Waals surface area contributed by atoms with Gasteiger partial charge in [-0.25, -0.2) is 0 Å². The molecule has 0 aromatic rings. The molecule has 0 saturated carbocycles. The van der Waals surface area contributed by atoms with Gasteiger partial charge < -0.3 is 16.5 Å². The van der Waals surface area contributed by atoms with E-state index in [-0.39, 0.29) is 0 Å². The summed E-state index contributed by atoms with van der Waals surface area (Å²) < 4.78 is 70.0. The molecule has 0 unspecified atom stereocenters. The van der Waals surface area contributed by atoms with Crippen molar-refractivity contribution in [2.45, 2.75) is 18.8 Å². The van der Waals surface area contributed by atoms with Gasteiger partial charge in [0.25, 0.3) is 1.43 Å². The van der Waals surface area contributed by atoms with Gasteiger partial charge in [-0.15, -0.1) is 0 Å². The Morgan fingerprint density at radius 3 is 3.30 bits per heavy atom. The maximum atomic E-state index is 11.3.